The number of likely N-dealkylation sites (tertiary alicyclic amines) is 2. The number of aromatic nitrogens is 3. The molecule has 2 aliphatic rings. The maximum Gasteiger partial charge on any atom is 0.433 e. The van der Waals surface area contributed by atoms with E-state index in [0.29, 0.717) is 29.7 Å². The van der Waals surface area contributed by atoms with Crippen LogP contribution < -0.4 is 0 Å². The summed E-state index contributed by atoms with van der Waals surface area (Å²) in [6.07, 6.45) is -0.985. The van der Waals surface area contributed by atoms with Crippen LogP contribution in [0.25, 0.3) is 5.65 Å². The fraction of sp³-hybridized carbons (Fsp3) is 0.611. The van der Waals surface area contributed by atoms with Crippen molar-refractivity contribution >= 4 is 11.6 Å². The number of hydrogen-bond donors (Lipinski definition) is 0. The van der Waals surface area contributed by atoms with Crippen molar-refractivity contribution in [3.05, 3.63) is 29.2 Å². The van der Waals surface area contributed by atoms with Crippen molar-refractivity contribution in [1.29, 1.82) is 0 Å². The Kier molecular flexibility index (Phi) is 4.37. The van der Waals surface area contributed by atoms with Crippen molar-refractivity contribution in [1.82, 2.24) is 24.4 Å². The van der Waals surface area contributed by atoms with E-state index in [1.165, 1.54) is 32.3 Å². The Bertz CT molecular complexity index is 872. The minimum absolute atomic E-state index is 0.00347. The molecule has 2 aromatic heterocycles. The number of alkyl halides is 3. The van der Waals surface area contributed by atoms with Gasteiger partial charge >= 0.3 is 6.18 Å². The van der Waals surface area contributed by atoms with E-state index in [1.807, 2.05) is 0 Å². The summed E-state index contributed by atoms with van der Waals surface area (Å²) in [4.78, 5) is 20.8. The van der Waals surface area contributed by atoms with Crippen molar-refractivity contribution in [3.63, 3.8) is 0 Å². The van der Waals surface area contributed by atoms with Crippen LogP contribution in [0.15, 0.2) is 12.1 Å². The molecule has 0 N–H and O–H groups in total. The summed E-state index contributed by atoms with van der Waals surface area (Å²) in [5.74, 6) is -0.341. The van der Waals surface area contributed by atoms with Gasteiger partial charge in [-0.25, -0.2) is 9.50 Å². The Morgan fingerprint density at radius 2 is 1.96 bits per heavy atom. The van der Waals surface area contributed by atoms with Crippen LogP contribution in [0.5, 0.6) is 0 Å². The summed E-state index contributed by atoms with van der Waals surface area (Å²) in [5.41, 5.74) is -0.652. The fourth-order valence-electron chi connectivity index (χ4n) is 4.06. The molecular formula is C18H22F3N5O. The monoisotopic (exact) mass is 381 g/mol. The predicted molar refractivity (Wildman–Crippen MR) is 92.4 cm³/mol. The third-order valence-corrected chi connectivity index (χ3v) is 5.54. The molecule has 4 heterocycles. The molecule has 27 heavy (non-hydrogen) atoms. The third-order valence-electron chi connectivity index (χ3n) is 5.54. The van der Waals surface area contributed by atoms with Crippen LogP contribution in [0.3, 0.4) is 0 Å². The number of aryl methyl sites for hydroxylation is 1. The maximum atomic E-state index is 13.2. The molecule has 2 saturated heterocycles. The first-order valence-corrected chi connectivity index (χ1v) is 9.23. The number of piperidine rings is 1. The Morgan fingerprint density at radius 1 is 1.22 bits per heavy atom. The molecular weight excluding hydrogens is 359 g/mol. The first-order valence-electron chi connectivity index (χ1n) is 9.23. The Balaban J connectivity index is 1.53. The van der Waals surface area contributed by atoms with Crippen LogP contribution in [-0.4, -0.2) is 62.0 Å². The van der Waals surface area contributed by atoms with Crippen molar-refractivity contribution in [2.24, 2.45) is 0 Å². The lowest BCUT2D eigenvalue weighted by atomic mass is 9.97. The molecule has 2 aliphatic heterocycles. The van der Waals surface area contributed by atoms with Crippen molar-refractivity contribution in [2.75, 3.05) is 19.6 Å². The molecule has 0 radical (unpaired) electrons. The second kappa shape index (κ2) is 6.47. The zero-order valence-electron chi connectivity index (χ0n) is 15.3. The number of carbonyl (C=O) groups is 1. The van der Waals surface area contributed by atoms with Crippen LogP contribution in [0.2, 0.25) is 0 Å². The highest BCUT2D eigenvalue weighted by Crippen LogP contribution is 2.30. The third kappa shape index (κ3) is 3.28. The molecule has 146 valence electrons. The van der Waals surface area contributed by atoms with Gasteiger partial charge < -0.3 is 4.90 Å². The fourth-order valence-corrected chi connectivity index (χ4v) is 4.06. The minimum atomic E-state index is -4.56. The van der Waals surface area contributed by atoms with E-state index in [1.54, 1.807) is 4.90 Å². The topological polar surface area (TPSA) is 53.7 Å². The highest BCUT2D eigenvalue weighted by molar-refractivity contribution is 5.94. The Morgan fingerprint density at radius 3 is 2.63 bits per heavy atom. The summed E-state index contributed by atoms with van der Waals surface area (Å²) >= 11 is 0. The number of amides is 1. The normalized spacial score (nSPS) is 22.3. The summed E-state index contributed by atoms with van der Waals surface area (Å²) in [7, 11) is 0. The second-order valence-electron chi connectivity index (χ2n) is 7.53. The molecule has 1 atom stereocenters. The van der Waals surface area contributed by atoms with Gasteiger partial charge in [0.1, 0.15) is 5.69 Å². The Labute approximate surface area is 155 Å². The largest absolute Gasteiger partial charge is 0.433 e. The first kappa shape index (κ1) is 18.2. The van der Waals surface area contributed by atoms with Crippen molar-refractivity contribution in [3.8, 4) is 0 Å². The molecule has 0 saturated carbocycles. The van der Waals surface area contributed by atoms with E-state index in [9.17, 15) is 18.0 Å². The summed E-state index contributed by atoms with van der Waals surface area (Å²) in [6, 6.07) is 3.11. The molecule has 0 aliphatic carbocycles. The lowest BCUT2D eigenvalue weighted by Crippen LogP contribution is -2.63. The number of carbonyl (C=O) groups excluding carboxylic acids is 1. The smallest absolute Gasteiger partial charge is 0.334 e. The maximum absolute atomic E-state index is 13.2. The average molecular weight is 381 g/mol. The van der Waals surface area contributed by atoms with E-state index >= 15 is 0 Å². The quantitative estimate of drug-likeness (QED) is 0.803. The van der Waals surface area contributed by atoms with Gasteiger partial charge in [0.05, 0.1) is 0 Å². The molecule has 2 aromatic rings. The zero-order valence-corrected chi connectivity index (χ0v) is 15.3. The summed E-state index contributed by atoms with van der Waals surface area (Å²) in [5, 5.41) is 3.90. The van der Waals surface area contributed by atoms with Gasteiger partial charge in [-0.2, -0.15) is 18.3 Å². The van der Waals surface area contributed by atoms with E-state index in [4.69, 9.17) is 0 Å². The van der Waals surface area contributed by atoms with Gasteiger partial charge in [0.2, 0.25) is 0 Å². The lowest BCUT2D eigenvalue weighted by molar-refractivity contribution is -0.142. The van der Waals surface area contributed by atoms with Crippen molar-refractivity contribution < 1.29 is 18.0 Å². The van der Waals surface area contributed by atoms with E-state index in [0.717, 1.165) is 12.6 Å². The van der Waals surface area contributed by atoms with Gasteiger partial charge in [-0.05, 0) is 39.3 Å². The number of nitrogens with zero attached hydrogens (tertiary/aromatic N) is 5. The van der Waals surface area contributed by atoms with Gasteiger partial charge in [-0.3, -0.25) is 9.69 Å². The molecule has 9 heteroatoms. The number of hydrogen-bond acceptors (Lipinski definition) is 4. The van der Waals surface area contributed by atoms with Crippen LogP contribution in [0.1, 0.15) is 48.1 Å². The van der Waals surface area contributed by atoms with Crippen molar-refractivity contribution in [2.45, 2.75) is 51.4 Å². The molecule has 6 nitrogen and oxygen atoms in total. The minimum Gasteiger partial charge on any atom is -0.334 e. The van der Waals surface area contributed by atoms with Crippen LogP contribution in [0, 0.1) is 6.92 Å². The van der Waals surface area contributed by atoms with Gasteiger partial charge in [0, 0.05) is 36.9 Å². The molecule has 0 bridgehead atoms. The van der Waals surface area contributed by atoms with E-state index in [2.05, 4.69) is 21.9 Å². The summed E-state index contributed by atoms with van der Waals surface area (Å²) in [6.45, 7) is 5.92. The number of fused-ring (bicyclic) bond motifs is 1. The molecule has 0 spiro atoms. The molecule has 4 rings (SSSR count). The van der Waals surface area contributed by atoms with Gasteiger partial charge in [0.25, 0.3) is 5.91 Å². The van der Waals surface area contributed by atoms with E-state index < -0.39 is 11.9 Å². The van der Waals surface area contributed by atoms with Crippen LogP contribution in [0.4, 0.5) is 13.2 Å². The van der Waals surface area contributed by atoms with Crippen LogP contribution in [-0.2, 0) is 6.18 Å². The predicted octanol–water partition coefficient (Wildman–Crippen LogP) is 2.76. The highest BCUT2D eigenvalue weighted by atomic mass is 19.4. The number of rotatable bonds is 2. The molecule has 1 unspecified atom stereocenters. The SMILES string of the molecule is Cc1cc(C(F)(F)F)n2nc(C(=O)N3CC(N4CCCCC4C)C3)cc2n1. The molecule has 0 aromatic carbocycles. The second-order valence-corrected chi connectivity index (χ2v) is 7.53. The lowest BCUT2D eigenvalue weighted by Gasteiger charge is -2.49. The zero-order chi connectivity index (χ0) is 19.3. The standard InChI is InChI=1S/C18H22F3N5O/c1-11-7-15(18(19,20)21)26-16(22-11)8-14(23-26)17(27)24-9-13(10-24)25-6-4-3-5-12(25)2/h7-8,12-13H,3-6,9-10H2,1-2H3. The van der Waals surface area contributed by atoms with Gasteiger partial charge in [0.15, 0.2) is 11.3 Å². The van der Waals surface area contributed by atoms with E-state index in [-0.39, 0.29) is 22.9 Å². The summed E-state index contributed by atoms with van der Waals surface area (Å²) < 4.78 is 40.5. The highest BCUT2D eigenvalue weighted by Gasteiger charge is 2.39. The van der Waals surface area contributed by atoms with Gasteiger partial charge in [-0.1, -0.05) is 6.42 Å². The molecule has 1 amide bonds. The average Bonchev–Trinajstić information content (AvgIpc) is 2.97. The number of halogens is 3. The molecule has 2 fully saturated rings. The van der Waals surface area contributed by atoms with Gasteiger partial charge in [-0.15, -0.1) is 0 Å². The van der Waals surface area contributed by atoms with Crippen LogP contribution >= 0.6 is 0 Å². The first-order chi connectivity index (χ1) is 12.7. The Hall–Kier alpha value is -2.16.